The molecule has 0 amide bonds. The number of ether oxygens (including phenoxy) is 1. The lowest BCUT2D eigenvalue weighted by molar-refractivity contribution is 0.0600. The highest BCUT2D eigenvalue weighted by Gasteiger charge is 2.20. The molecule has 4 aromatic carbocycles. The van der Waals surface area contributed by atoms with Crippen LogP contribution >= 0.6 is 0 Å². The van der Waals surface area contributed by atoms with E-state index in [0.29, 0.717) is 22.3 Å². The Bertz CT molecular complexity index is 1410. The van der Waals surface area contributed by atoms with Gasteiger partial charge in [-0.15, -0.1) is 0 Å². The summed E-state index contributed by atoms with van der Waals surface area (Å²) in [6, 6.07) is 26.6. The van der Waals surface area contributed by atoms with Crippen molar-refractivity contribution in [3.63, 3.8) is 0 Å². The summed E-state index contributed by atoms with van der Waals surface area (Å²) in [5, 5.41) is 0. The lowest BCUT2D eigenvalue weighted by atomic mass is 9.92. The van der Waals surface area contributed by atoms with Crippen molar-refractivity contribution in [3.8, 4) is 33.4 Å². The molecule has 0 spiro atoms. The molecule has 0 fully saturated rings. The van der Waals surface area contributed by atoms with E-state index in [2.05, 4.69) is 0 Å². The summed E-state index contributed by atoms with van der Waals surface area (Å²) in [6.45, 7) is 1.93. The molecule has 0 radical (unpaired) electrons. The fourth-order valence-electron chi connectivity index (χ4n) is 3.76. The van der Waals surface area contributed by atoms with Crippen LogP contribution < -0.4 is 0 Å². The highest BCUT2D eigenvalue weighted by atomic mass is 32.2. The van der Waals surface area contributed by atoms with Crippen LogP contribution in [0.15, 0.2) is 95.9 Å². The number of hydrogen-bond donors (Lipinski definition) is 0. The van der Waals surface area contributed by atoms with E-state index in [1.165, 1.54) is 7.11 Å². The molecule has 0 saturated carbocycles. The first kappa shape index (κ1) is 22.5. The SMILES string of the molecule is COC(=O)c1ccc(-c2cc(-c3ccccc3)cc(-c3ccc(C)cc3)c2S(=O)(=O)[O-])cc1. The molecule has 0 N–H and O–H groups in total. The highest BCUT2D eigenvalue weighted by Crippen LogP contribution is 2.40. The van der Waals surface area contributed by atoms with E-state index in [9.17, 15) is 17.8 Å². The monoisotopic (exact) mass is 457 g/mol. The predicted molar refractivity (Wildman–Crippen MR) is 127 cm³/mol. The fraction of sp³-hybridized carbons (Fsp3) is 0.0741. The second-order valence-electron chi connectivity index (χ2n) is 7.66. The lowest BCUT2D eigenvalue weighted by Gasteiger charge is -2.20. The molecule has 0 aliphatic carbocycles. The summed E-state index contributed by atoms with van der Waals surface area (Å²) in [4.78, 5) is 11.5. The van der Waals surface area contributed by atoms with Crippen LogP contribution in [-0.4, -0.2) is 26.0 Å². The highest BCUT2D eigenvalue weighted by molar-refractivity contribution is 7.86. The van der Waals surface area contributed by atoms with Crippen molar-refractivity contribution in [3.05, 3.63) is 102 Å². The number of esters is 1. The number of hydrogen-bond acceptors (Lipinski definition) is 5. The third-order valence-corrected chi connectivity index (χ3v) is 6.37. The normalized spacial score (nSPS) is 11.2. The van der Waals surface area contributed by atoms with E-state index in [0.717, 1.165) is 16.7 Å². The van der Waals surface area contributed by atoms with Crippen LogP contribution in [0.2, 0.25) is 0 Å². The molecule has 4 aromatic rings. The van der Waals surface area contributed by atoms with Gasteiger partial charge in [-0.3, -0.25) is 0 Å². The number of benzene rings is 4. The summed E-state index contributed by atoms with van der Waals surface area (Å²) in [5.74, 6) is -0.503. The average molecular weight is 458 g/mol. The summed E-state index contributed by atoms with van der Waals surface area (Å²) in [7, 11) is -3.55. The zero-order valence-corrected chi connectivity index (χ0v) is 18.9. The van der Waals surface area contributed by atoms with Crippen molar-refractivity contribution in [1.82, 2.24) is 0 Å². The van der Waals surface area contributed by atoms with Crippen molar-refractivity contribution in [1.29, 1.82) is 0 Å². The van der Waals surface area contributed by atoms with Gasteiger partial charge in [-0.25, -0.2) is 13.2 Å². The Hall–Kier alpha value is -3.74. The first-order chi connectivity index (χ1) is 15.8. The first-order valence-corrected chi connectivity index (χ1v) is 11.6. The first-order valence-electron chi connectivity index (χ1n) is 10.2. The third kappa shape index (κ3) is 4.72. The maximum absolute atomic E-state index is 12.5. The molecule has 166 valence electrons. The Balaban J connectivity index is 2.04. The molecule has 4 rings (SSSR count). The van der Waals surface area contributed by atoms with Gasteiger partial charge in [0.2, 0.25) is 0 Å². The van der Waals surface area contributed by atoms with Crippen molar-refractivity contribution >= 4 is 16.1 Å². The number of carbonyl (C=O) groups is 1. The van der Waals surface area contributed by atoms with Crippen molar-refractivity contribution in [2.24, 2.45) is 0 Å². The molecule has 0 bridgehead atoms. The van der Waals surface area contributed by atoms with E-state index in [1.54, 1.807) is 48.5 Å². The molecule has 0 unspecified atom stereocenters. The van der Waals surface area contributed by atoms with Crippen LogP contribution in [0.5, 0.6) is 0 Å². The molecular weight excluding hydrogens is 436 g/mol. The predicted octanol–water partition coefficient (Wildman–Crippen LogP) is 5.69. The summed E-state index contributed by atoms with van der Waals surface area (Å²) < 4.78 is 42.3. The molecule has 0 atom stereocenters. The molecule has 0 aliphatic rings. The second kappa shape index (κ2) is 9.02. The summed E-state index contributed by atoms with van der Waals surface area (Å²) in [6.07, 6.45) is 0. The minimum atomic E-state index is -4.84. The number of aryl methyl sites for hydroxylation is 1. The van der Waals surface area contributed by atoms with E-state index in [-0.39, 0.29) is 10.5 Å². The zero-order chi connectivity index (χ0) is 23.6. The van der Waals surface area contributed by atoms with Gasteiger partial charge in [0.1, 0.15) is 10.1 Å². The number of carbonyl (C=O) groups excluding carboxylic acids is 1. The Morgan fingerprint density at radius 3 is 1.73 bits per heavy atom. The van der Waals surface area contributed by atoms with Gasteiger partial charge in [0.25, 0.3) is 0 Å². The third-order valence-electron chi connectivity index (χ3n) is 5.43. The minimum Gasteiger partial charge on any atom is -0.744 e. The van der Waals surface area contributed by atoms with Crippen molar-refractivity contribution < 1.29 is 22.5 Å². The molecule has 0 aliphatic heterocycles. The van der Waals surface area contributed by atoms with Gasteiger partial charge in [-0.2, -0.15) is 0 Å². The van der Waals surface area contributed by atoms with Crippen molar-refractivity contribution in [2.75, 3.05) is 7.11 Å². The van der Waals surface area contributed by atoms with Crippen LogP contribution in [0.25, 0.3) is 33.4 Å². The quantitative estimate of drug-likeness (QED) is 0.284. The molecule has 0 aromatic heterocycles. The average Bonchev–Trinajstić information content (AvgIpc) is 2.83. The molecule has 33 heavy (non-hydrogen) atoms. The van der Waals surface area contributed by atoms with Crippen LogP contribution in [0.1, 0.15) is 15.9 Å². The molecule has 6 heteroatoms. The van der Waals surface area contributed by atoms with E-state index in [1.807, 2.05) is 49.4 Å². The van der Waals surface area contributed by atoms with Crippen LogP contribution in [0.4, 0.5) is 0 Å². The zero-order valence-electron chi connectivity index (χ0n) is 18.1. The van der Waals surface area contributed by atoms with E-state index in [4.69, 9.17) is 4.74 Å². The Kier molecular flexibility index (Phi) is 6.14. The largest absolute Gasteiger partial charge is 0.744 e. The summed E-state index contributed by atoms with van der Waals surface area (Å²) in [5.41, 5.74) is 4.73. The van der Waals surface area contributed by atoms with Gasteiger partial charge < -0.3 is 9.29 Å². The summed E-state index contributed by atoms with van der Waals surface area (Å²) >= 11 is 0. The van der Waals surface area contributed by atoms with Crippen LogP contribution in [-0.2, 0) is 14.9 Å². The van der Waals surface area contributed by atoms with Gasteiger partial charge in [-0.1, -0.05) is 72.3 Å². The maximum atomic E-state index is 12.5. The molecule has 0 saturated heterocycles. The topological polar surface area (TPSA) is 83.5 Å². The number of methoxy groups -OCH3 is 1. The fourth-order valence-corrected chi connectivity index (χ4v) is 4.65. The van der Waals surface area contributed by atoms with Crippen molar-refractivity contribution in [2.45, 2.75) is 11.8 Å². The number of rotatable bonds is 5. The van der Waals surface area contributed by atoms with Crippen LogP contribution in [0.3, 0.4) is 0 Å². The Morgan fingerprint density at radius 2 is 1.24 bits per heavy atom. The molecule has 5 nitrogen and oxygen atoms in total. The standard InChI is InChI=1S/C27H22O5S/c1-18-8-10-20(11-9-18)24-16-23(19-6-4-3-5-7-19)17-25(26(24)33(29,30)31)21-12-14-22(15-13-21)27(28)32-2/h3-17H,1-2H3,(H,29,30,31)/p-1. The van der Waals surface area contributed by atoms with E-state index >= 15 is 0 Å². The smallest absolute Gasteiger partial charge is 0.337 e. The second-order valence-corrected chi connectivity index (χ2v) is 8.97. The van der Waals surface area contributed by atoms with Gasteiger partial charge in [0, 0.05) is 11.1 Å². The van der Waals surface area contributed by atoms with Gasteiger partial charge >= 0.3 is 5.97 Å². The Labute approximate surface area is 193 Å². The minimum absolute atomic E-state index is 0.276. The van der Waals surface area contributed by atoms with Gasteiger partial charge in [0.05, 0.1) is 17.6 Å². The van der Waals surface area contributed by atoms with E-state index < -0.39 is 16.1 Å². The molecular formula is C27H21O5S-. The molecule has 0 heterocycles. The Morgan fingerprint density at radius 1 is 0.727 bits per heavy atom. The maximum Gasteiger partial charge on any atom is 0.337 e. The van der Waals surface area contributed by atoms with Crippen LogP contribution in [0, 0.1) is 6.92 Å². The van der Waals surface area contributed by atoms with Gasteiger partial charge in [-0.05, 0) is 53.4 Å². The van der Waals surface area contributed by atoms with Gasteiger partial charge in [0.15, 0.2) is 0 Å². The lowest BCUT2D eigenvalue weighted by Crippen LogP contribution is -2.05.